The summed E-state index contributed by atoms with van der Waals surface area (Å²) in [5.41, 5.74) is 3.16. The summed E-state index contributed by atoms with van der Waals surface area (Å²) in [5.74, 6) is 1.45. The summed E-state index contributed by atoms with van der Waals surface area (Å²) in [4.78, 5) is 26.9. The predicted octanol–water partition coefficient (Wildman–Crippen LogP) is 4.59. The van der Waals surface area contributed by atoms with Gasteiger partial charge in [-0.1, -0.05) is 24.3 Å². The maximum absolute atomic E-state index is 13.4. The number of aromatic nitrogens is 5. The molecule has 0 radical (unpaired) electrons. The molecule has 0 fully saturated rings. The monoisotopic (exact) mass is 475 g/mol. The topological polar surface area (TPSA) is 105 Å². The lowest BCUT2D eigenvalue weighted by Gasteiger charge is -2.27. The van der Waals surface area contributed by atoms with Crippen molar-refractivity contribution in [2.75, 3.05) is 7.11 Å². The van der Waals surface area contributed by atoms with E-state index in [0.29, 0.717) is 50.9 Å². The molecule has 0 N–H and O–H groups in total. The molecular formula is C27H17N5O4. The van der Waals surface area contributed by atoms with E-state index >= 15 is 0 Å². The van der Waals surface area contributed by atoms with Crippen molar-refractivity contribution >= 4 is 16.6 Å². The second kappa shape index (κ2) is 7.74. The van der Waals surface area contributed by atoms with Crippen molar-refractivity contribution in [3.8, 4) is 28.8 Å². The van der Waals surface area contributed by atoms with Crippen LogP contribution in [0.3, 0.4) is 0 Å². The summed E-state index contributed by atoms with van der Waals surface area (Å²) in [6.07, 6.45) is 4.94. The van der Waals surface area contributed by atoms with E-state index in [2.05, 4.69) is 15.1 Å². The van der Waals surface area contributed by atoms with Crippen LogP contribution >= 0.6 is 0 Å². The van der Waals surface area contributed by atoms with Gasteiger partial charge in [-0.05, 0) is 42.0 Å². The Balaban J connectivity index is 1.54. The zero-order valence-electron chi connectivity index (χ0n) is 19.0. The molecule has 0 amide bonds. The molecule has 9 nitrogen and oxygen atoms in total. The molecule has 2 aromatic carbocycles. The van der Waals surface area contributed by atoms with Crippen molar-refractivity contribution in [2.24, 2.45) is 0 Å². The largest absolute Gasteiger partial charge is 0.497 e. The average molecular weight is 475 g/mol. The number of ether oxygens (including phenoxy) is 2. The van der Waals surface area contributed by atoms with E-state index in [4.69, 9.17) is 18.9 Å². The number of benzene rings is 2. The van der Waals surface area contributed by atoms with E-state index in [9.17, 15) is 4.79 Å². The summed E-state index contributed by atoms with van der Waals surface area (Å²) in [6, 6.07) is 18.5. The van der Waals surface area contributed by atoms with E-state index in [1.807, 2.05) is 54.6 Å². The molecule has 0 saturated carbocycles. The Hall–Kier alpha value is -5.05. The van der Waals surface area contributed by atoms with Gasteiger partial charge in [0.2, 0.25) is 5.88 Å². The molecule has 36 heavy (non-hydrogen) atoms. The third-order valence-corrected chi connectivity index (χ3v) is 6.35. The van der Waals surface area contributed by atoms with Crippen LogP contribution in [0.15, 0.2) is 88.6 Å². The first-order valence-electron chi connectivity index (χ1n) is 11.2. The summed E-state index contributed by atoms with van der Waals surface area (Å²) in [5, 5.41) is 5.30. The molecule has 7 rings (SSSR count). The number of para-hydroxylation sites is 1. The smallest absolute Gasteiger partial charge is 0.344 e. The Labute approximate surface area is 203 Å². The fourth-order valence-electron chi connectivity index (χ4n) is 4.68. The minimum atomic E-state index is -0.554. The van der Waals surface area contributed by atoms with Crippen LogP contribution in [0.2, 0.25) is 0 Å². The molecule has 0 bridgehead atoms. The first-order valence-corrected chi connectivity index (χ1v) is 11.2. The summed E-state index contributed by atoms with van der Waals surface area (Å²) in [7, 11) is 1.61. The zero-order valence-corrected chi connectivity index (χ0v) is 19.0. The Morgan fingerprint density at radius 3 is 2.58 bits per heavy atom. The summed E-state index contributed by atoms with van der Waals surface area (Å²) < 4.78 is 19.0. The minimum absolute atomic E-state index is 0.361. The second-order valence-corrected chi connectivity index (χ2v) is 8.34. The second-order valence-electron chi connectivity index (χ2n) is 8.34. The van der Waals surface area contributed by atoms with Crippen molar-refractivity contribution in [3.05, 3.63) is 106 Å². The molecule has 5 heterocycles. The molecule has 1 atom stereocenters. The highest BCUT2D eigenvalue weighted by Crippen LogP contribution is 2.48. The molecule has 1 aliphatic rings. The molecule has 1 aliphatic heterocycles. The maximum Gasteiger partial charge on any atom is 0.344 e. The van der Waals surface area contributed by atoms with Crippen LogP contribution in [0.4, 0.5) is 0 Å². The average Bonchev–Trinajstić information content (AvgIpc) is 3.37. The van der Waals surface area contributed by atoms with Crippen LogP contribution in [-0.2, 0) is 0 Å². The van der Waals surface area contributed by atoms with Gasteiger partial charge in [-0.25, -0.2) is 19.3 Å². The van der Waals surface area contributed by atoms with Crippen molar-refractivity contribution in [2.45, 2.75) is 5.92 Å². The Bertz CT molecular complexity index is 1830. The Morgan fingerprint density at radius 1 is 0.972 bits per heavy atom. The Kier molecular flexibility index (Phi) is 4.37. The number of nitrogens with zero attached hydrogens (tertiary/aromatic N) is 5. The van der Waals surface area contributed by atoms with Gasteiger partial charge < -0.3 is 13.9 Å². The van der Waals surface area contributed by atoms with Crippen LogP contribution in [0.25, 0.3) is 28.0 Å². The molecule has 9 heteroatoms. The third kappa shape index (κ3) is 2.99. The van der Waals surface area contributed by atoms with Crippen LogP contribution in [0.1, 0.15) is 22.6 Å². The van der Waals surface area contributed by atoms with E-state index in [0.717, 1.165) is 11.1 Å². The lowest BCUT2D eigenvalue weighted by Crippen LogP contribution is -2.22. The molecule has 6 aromatic rings. The Morgan fingerprint density at radius 2 is 1.78 bits per heavy atom. The molecular weight excluding hydrogens is 458 g/mol. The first-order chi connectivity index (χ1) is 17.7. The van der Waals surface area contributed by atoms with Crippen LogP contribution in [0.5, 0.6) is 17.4 Å². The van der Waals surface area contributed by atoms with Crippen molar-refractivity contribution in [1.29, 1.82) is 0 Å². The third-order valence-electron chi connectivity index (χ3n) is 6.35. The first kappa shape index (κ1) is 20.3. The molecule has 0 spiro atoms. The van der Waals surface area contributed by atoms with Gasteiger partial charge in [-0.15, -0.1) is 5.10 Å². The SMILES string of the molecule is COc1ccc(C2c3c(c4ccccc4oc3=O)Oc3ncn4nc(-c5ccncc5)nc4c32)cc1. The van der Waals surface area contributed by atoms with Gasteiger partial charge in [0.25, 0.3) is 0 Å². The van der Waals surface area contributed by atoms with Crippen LogP contribution < -0.4 is 15.1 Å². The molecule has 1 unspecified atom stereocenters. The van der Waals surface area contributed by atoms with Gasteiger partial charge in [0.15, 0.2) is 17.2 Å². The highest BCUT2D eigenvalue weighted by Gasteiger charge is 2.37. The van der Waals surface area contributed by atoms with Gasteiger partial charge >= 0.3 is 5.63 Å². The number of fused-ring (bicyclic) bond motifs is 6. The number of hydrogen-bond acceptors (Lipinski definition) is 8. The van der Waals surface area contributed by atoms with Gasteiger partial charge in [-0.3, -0.25) is 4.98 Å². The predicted molar refractivity (Wildman–Crippen MR) is 131 cm³/mol. The molecule has 0 aliphatic carbocycles. The maximum atomic E-state index is 13.4. The van der Waals surface area contributed by atoms with E-state index in [1.54, 1.807) is 36.4 Å². The van der Waals surface area contributed by atoms with E-state index in [-0.39, 0.29) is 0 Å². The fourth-order valence-corrected chi connectivity index (χ4v) is 4.68. The van der Waals surface area contributed by atoms with Crippen molar-refractivity contribution in [3.63, 3.8) is 0 Å². The molecule has 4 aromatic heterocycles. The number of hydrogen-bond donors (Lipinski definition) is 0. The van der Waals surface area contributed by atoms with Gasteiger partial charge in [0, 0.05) is 18.0 Å². The lowest BCUT2D eigenvalue weighted by molar-refractivity contribution is 0.414. The standard InChI is InChI=1S/C27H17N5O4/c1-34-17-8-6-15(7-9-17)20-21-23(18-4-2-3-5-19(18)35-27(21)33)36-26-22(20)25-30-24(31-32(25)14-29-26)16-10-12-28-13-11-16/h2-14,20H,1H3. The van der Waals surface area contributed by atoms with Gasteiger partial charge in [0.05, 0.1) is 29.5 Å². The summed E-state index contributed by atoms with van der Waals surface area (Å²) >= 11 is 0. The van der Waals surface area contributed by atoms with Crippen LogP contribution in [0, 0.1) is 0 Å². The van der Waals surface area contributed by atoms with Gasteiger partial charge in [0.1, 0.15) is 17.7 Å². The fraction of sp³-hybridized carbons (Fsp3) is 0.0741. The number of pyridine rings is 1. The quantitative estimate of drug-likeness (QED) is 0.342. The van der Waals surface area contributed by atoms with E-state index < -0.39 is 11.5 Å². The minimum Gasteiger partial charge on any atom is -0.497 e. The molecule has 174 valence electrons. The van der Waals surface area contributed by atoms with E-state index in [1.165, 1.54) is 0 Å². The van der Waals surface area contributed by atoms with Crippen molar-refractivity contribution < 1.29 is 13.9 Å². The number of rotatable bonds is 3. The highest BCUT2D eigenvalue weighted by atomic mass is 16.5. The zero-order chi connectivity index (χ0) is 24.2. The van der Waals surface area contributed by atoms with Gasteiger partial charge in [-0.2, -0.15) is 0 Å². The summed E-state index contributed by atoms with van der Waals surface area (Å²) in [6.45, 7) is 0. The normalized spacial score (nSPS) is 14.3. The lowest BCUT2D eigenvalue weighted by atomic mass is 9.84. The van der Waals surface area contributed by atoms with Crippen molar-refractivity contribution in [1.82, 2.24) is 24.6 Å². The highest BCUT2D eigenvalue weighted by molar-refractivity contribution is 5.87. The van der Waals surface area contributed by atoms with Crippen LogP contribution in [-0.4, -0.2) is 31.7 Å². The number of methoxy groups -OCH3 is 1. The molecule has 0 saturated heterocycles.